The normalized spacial score (nSPS) is 24.8. The summed E-state index contributed by atoms with van der Waals surface area (Å²) in [6.45, 7) is -0.0343. The highest BCUT2D eigenvalue weighted by Gasteiger charge is 2.33. The number of nitrogens with one attached hydrogen (secondary N) is 3. The minimum Gasteiger partial charge on any atom is -0.352 e. The van der Waals surface area contributed by atoms with Gasteiger partial charge in [0, 0.05) is 18.1 Å². The molecule has 0 radical (unpaired) electrons. The molecule has 0 saturated carbocycles. The van der Waals surface area contributed by atoms with Crippen LogP contribution in [0.1, 0.15) is 31.2 Å². The molecule has 7 heteroatoms. The van der Waals surface area contributed by atoms with E-state index in [1.54, 1.807) is 12.1 Å². The molecule has 5 nitrogen and oxygen atoms in total. The Morgan fingerprint density at radius 2 is 1.88 bits per heavy atom. The first-order valence-corrected chi connectivity index (χ1v) is 8.15. The van der Waals surface area contributed by atoms with E-state index in [1.807, 2.05) is 0 Å². The lowest BCUT2D eigenvalue weighted by molar-refractivity contribution is -0.126. The van der Waals surface area contributed by atoms with Crippen LogP contribution in [-0.2, 0) is 16.0 Å². The smallest absolute Gasteiger partial charge is 0.239 e. The highest BCUT2D eigenvalue weighted by atomic mass is 35.5. The lowest BCUT2D eigenvalue weighted by Gasteiger charge is -2.29. The van der Waals surface area contributed by atoms with E-state index in [1.165, 1.54) is 25.0 Å². The van der Waals surface area contributed by atoms with Crippen molar-refractivity contribution in [1.82, 2.24) is 16.0 Å². The fourth-order valence-electron chi connectivity index (χ4n) is 3.53. The molecule has 2 aliphatic heterocycles. The van der Waals surface area contributed by atoms with Crippen LogP contribution >= 0.6 is 12.4 Å². The Morgan fingerprint density at radius 1 is 1.17 bits per heavy atom. The van der Waals surface area contributed by atoms with Crippen LogP contribution in [0.3, 0.4) is 0 Å². The van der Waals surface area contributed by atoms with Gasteiger partial charge in [0.05, 0.1) is 13.0 Å². The third-order valence-electron chi connectivity index (χ3n) is 4.54. The number of benzene rings is 1. The van der Waals surface area contributed by atoms with Gasteiger partial charge in [-0.15, -0.1) is 12.4 Å². The maximum atomic E-state index is 13.1. The molecule has 2 bridgehead atoms. The Bertz CT molecular complexity index is 587. The number of hydrogen-bond acceptors (Lipinski definition) is 3. The summed E-state index contributed by atoms with van der Waals surface area (Å²) in [4.78, 5) is 23.8. The number of piperidine rings is 1. The van der Waals surface area contributed by atoms with Gasteiger partial charge in [0.1, 0.15) is 5.82 Å². The molecule has 2 unspecified atom stereocenters. The van der Waals surface area contributed by atoms with Crippen molar-refractivity contribution in [2.75, 3.05) is 6.54 Å². The van der Waals surface area contributed by atoms with Crippen molar-refractivity contribution in [1.29, 1.82) is 0 Å². The van der Waals surface area contributed by atoms with Gasteiger partial charge in [-0.3, -0.25) is 9.59 Å². The van der Waals surface area contributed by atoms with Crippen molar-refractivity contribution >= 4 is 24.2 Å². The van der Waals surface area contributed by atoms with E-state index in [0.29, 0.717) is 17.6 Å². The average Bonchev–Trinajstić information content (AvgIpc) is 2.84. The molecule has 24 heavy (non-hydrogen) atoms. The maximum absolute atomic E-state index is 13.1. The average molecular weight is 356 g/mol. The summed E-state index contributed by atoms with van der Waals surface area (Å²) < 4.78 is 13.1. The van der Waals surface area contributed by atoms with Gasteiger partial charge in [0.15, 0.2) is 0 Å². The fraction of sp³-hybridized carbons (Fsp3) is 0.529. The van der Waals surface area contributed by atoms with Crippen LogP contribution in [0.5, 0.6) is 0 Å². The molecule has 132 valence electrons. The lowest BCUT2D eigenvalue weighted by atomic mass is 10.00. The van der Waals surface area contributed by atoms with E-state index < -0.39 is 0 Å². The molecule has 2 fully saturated rings. The zero-order valence-corrected chi connectivity index (χ0v) is 14.2. The number of fused-ring (bicyclic) bond motifs is 2. The quantitative estimate of drug-likeness (QED) is 0.745. The number of rotatable bonds is 5. The highest BCUT2D eigenvalue weighted by molar-refractivity contribution is 5.86. The van der Waals surface area contributed by atoms with Crippen LogP contribution in [0, 0.1) is 5.82 Å². The molecule has 0 spiro atoms. The Labute approximate surface area is 147 Å². The van der Waals surface area contributed by atoms with Gasteiger partial charge in [-0.1, -0.05) is 12.1 Å². The van der Waals surface area contributed by atoms with Crippen LogP contribution < -0.4 is 16.0 Å². The molecule has 0 aromatic heterocycles. The van der Waals surface area contributed by atoms with Gasteiger partial charge in [-0.05, 0) is 43.4 Å². The van der Waals surface area contributed by atoms with Crippen molar-refractivity contribution < 1.29 is 14.0 Å². The second-order valence-corrected chi connectivity index (χ2v) is 6.46. The third-order valence-corrected chi connectivity index (χ3v) is 4.54. The third kappa shape index (κ3) is 5.18. The number of amides is 2. The summed E-state index contributed by atoms with van der Waals surface area (Å²) in [5.74, 6) is -0.811. The number of carbonyl (C=O) groups is 2. The molecule has 2 aliphatic rings. The second kappa shape index (κ2) is 8.44. The zero-order valence-electron chi connectivity index (χ0n) is 13.4. The van der Waals surface area contributed by atoms with Crippen molar-refractivity contribution in [2.45, 2.75) is 50.2 Å². The summed E-state index contributed by atoms with van der Waals surface area (Å²) in [7, 11) is 0. The molecular formula is C17H23ClFN3O2. The van der Waals surface area contributed by atoms with Crippen molar-refractivity contribution in [2.24, 2.45) is 0 Å². The molecule has 2 atom stereocenters. The first-order valence-electron chi connectivity index (χ1n) is 8.15. The van der Waals surface area contributed by atoms with Crippen molar-refractivity contribution in [3.63, 3.8) is 0 Å². The van der Waals surface area contributed by atoms with Crippen LogP contribution in [-0.4, -0.2) is 36.5 Å². The van der Waals surface area contributed by atoms with Gasteiger partial charge >= 0.3 is 0 Å². The first-order chi connectivity index (χ1) is 11.1. The summed E-state index contributed by atoms with van der Waals surface area (Å²) in [5, 5.41) is 9.11. The molecule has 1 aromatic rings. The summed E-state index contributed by atoms with van der Waals surface area (Å²) >= 11 is 0. The number of carbonyl (C=O) groups excluding carboxylic acids is 2. The second-order valence-electron chi connectivity index (χ2n) is 6.46. The topological polar surface area (TPSA) is 70.2 Å². The highest BCUT2D eigenvalue weighted by Crippen LogP contribution is 2.26. The first kappa shape index (κ1) is 18.7. The van der Waals surface area contributed by atoms with Crippen LogP contribution in [0.15, 0.2) is 24.3 Å². The minimum atomic E-state index is -0.367. The zero-order chi connectivity index (χ0) is 16.2. The van der Waals surface area contributed by atoms with E-state index in [2.05, 4.69) is 16.0 Å². The minimum absolute atomic E-state index is 0. The van der Waals surface area contributed by atoms with E-state index in [0.717, 1.165) is 12.8 Å². The molecular weight excluding hydrogens is 333 g/mol. The maximum Gasteiger partial charge on any atom is 0.239 e. The van der Waals surface area contributed by atoms with E-state index in [9.17, 15) is 14.0 Å². The van der Waals surface area contributed by atoms with Gasteiger partial charge in [-0.25, -0.2) is 4.39 Å². The van der Waals surface area contributed by atoms with E-state index in [4.69, 9.17) is 0 Å². The molecule has 2 amide bonds. The van der Waals surface area contributed by atoms with Crippen molar-refractivity contribution in [3.8, 4) is 0 Å². The van der Waals surface area contributed by atoms with Gasteiger partial charge < -0.3 is 16.0 Å². The molecule has 2 heterocycles. The Balaban J connectivity index is 0.00000208. The fourth-order valence-corrected chi connectivity index (χ4v) is 3.53. The monoisotopic (exact) mass is 355 g/mol. The van der Waals surface area contributed by atoms with E-state index in [-0.39, 0.29) is 49.0 Å². The van der Waals surface area contributed by atoms with Crippen molar-refractivity contribution in [3.05, 3.63) is 35.6 Å². The standard InChI is InChI=1S/C17H22FN3O2.ClH/c18-12-3-1-2-11(6-12)7-16(22)19-10-17(23)21-15-8-13-4-5-14(9-15)20-13;/h1-3,6,13-15,20H,4-5,7-10H2,(H,19,22)(H,21,23);1H. The molecule has 3 N–H and O–H groups in total. The SMILES string of the molecule is Cl.O=C(Cc1cccc(F)c1)NCC(=O)NC1CC2CCC(C1)N2. The van der Waals surface area contributed by atoms with Crippen LogP contribution in [0.25, 0.3) is 0 Å². The van der Waals surface area contributed by atoms with Crippen LogP contribution in [0.2, 0.25) is 0 Å². The molecule has 3 rings (SSSR count). The van der Waals surface area contributed by atoms with E-state index >= 15 is 0 Å². The molecule has 2 saturated heterocycles. The van der Waals surface area contributed by atoms with Crippen LogP contribution in [0.4, 0.5) is 4.39 Å². The molecule has 0 aliphatic carbocycles. The largest absolute Gasteiger partial charge is 0.352 e. The predicted octanol–water partition coefficient (Wildman–Crippen LogP) is 1.31. The number of hydrogen-bond donors (Lipinski definition) is 3. The summed E-state index contributed by atoms with van der Waals surface area (Å²) in [6, 6.07) is 7.14. The Morgan fingerprint density at radius 3 is 2.54 bits per heavy atom. The van der Waals surface area contributed by atoms with Gasteiger partial charge in [0.25, 0.3) is 0 Å². The predicted molar refractivity (Wildman–Crippen MR) is 91.5 cm³/mol. The number of halogens is 2. The Kier molecular flexibility index (Phi) is 6.57. The summed E-state index contributed by atoms with van der Waals surface area (Å²) in [5.41, 5.74) is 0.595. The van der Waals surface area contributed by atoms with Gasteiger partial charge in [0.2, 0.25) is 11.8 Å². The Hall–Kier alpha value is -1.66. The lowest BCUT2D eigenvalue weighted by Crippen LogP contribution is -2.50. The van der Waals surface area contributed by atoms with Gasteiger partial charge in [-0.2, -0.15) is 0 Å². The molecule has 1 aromatic carbocycles. The summed E-state index contributed by atoms with van der Waals surface area (Å²) in [6.07, 6.45) is 4.35.